The van der Waals surface area contributed by atoms with Gasteiger partial charge >= 0.3 is 0 Å². The third-order valence-corrected chi connectivity index (χ3v) is 2.91. The summed E-state index contributed by atoms with van der Waals surface area (Å²) in [7, 11) is 0. The van der Waals surface area contributed by atoms with E-state index in [1.807, 2.05) is 18.2 Å². The zero-order chi connectivity index (χ0) is 11.5. The van der Waals surface area contributed by atoms with Crippen LogP contribution in [0.4, 0.5) is 0 Å². The Hall–Kier alpha value is -1.01. The van der Waals surface area contributed by atoms with Gasteiger partial charge in [-0.05, 0) is 12.1 Å². The lowest BCUT2D eigenvalue weighted by atomic mass is 10.0. The molecule has 2 aliphatic heterocycles. The largest absolute Gasteiger partial charge is 0.349 e. The van der Waals surface area contributed by atoms with Crippen molar-refractivity contribution in [1.29, 1.82) is 0 Å². The van der Waals surface area contributed by atoms with E-state index < -0.39 is 0 Å². The summed E-state index contributed by atoms with van der Waals surface area (Å²) in [5.74, 6) is -0.124. The Bertz CT molecular complexity index is 331. The van der Waals surface area contributed by atoms with Crippen molar-refractivity contribution in [3.05, 3.63) is 30.1 Å². The van der Waals surface area contributed by atoms with Gasteiger partial charge in [0.1, 0.15) is 5.92 Å². The molecule has 92 valence electrons. The van der Waals surface area contributed by atoms with Gasteiger partial charge in [-0.25, -0.2) is 0 Å². The summed E-state index contributed by atoms with van der Waals surface area (Å²) >= 11 is 0. The fourth-order valence-electron chi connectivity index (χ4n) is 2.15. The molecule has 3 heterocycles. The van der Waals surface area contributed by atoms with Gasteiger partial charge in [0.15, 0.2) is 12.6 Å². The van der Waals surface area contributed by atoms with Gasteiger partial charge < -0.3 is 18.9 Å². The molecule has 2 aliphatic rings. The summed E-state index contributed by atoms with van der Waals surface area (Å²) in [6.07, 6.45) is 1.10. The number of hydrogen-bond donors (Lipinski definition) is 0. The van der Waals surface area contributed by atoms with Crippen LogP contribution in [0, 0.1) is 0 Å². The summed E-state index contributed by atoms with van der Waals surface area (Å²) in [5.41, 5.74) is 0.881. The number of nitrogens with zero attached hydrogens (tertiary/aromatic N) is 1. The lowest BCUT2D eigenvalue weighted by molar-refractivity contribution is -0.146. The third kappa shape index (κ3) is 2.32. The maximum atomic E-state index is 5.56. The quantitative estimate of drug-likeness (QED) is 0.782. The Morgan fingerprint density at radius 3 is 2.00 bits per heavy atom. The molecule has 0 N–H and O–H groups in total. The average molecular weight is 237 g/mol. The maximum Gasteiger partial charge on any atom is 0.171 e. The van der Waals surface area contributed by atoms with E-state index in [1.165, 1.54) is 0 Å². The van der Waals surface area contributed by atoms with E-state index in [2.05, 4.69) is 4.98 Å². The van der Waals surface area contributed by atoms with Gasteiger partial charge in [-0.2, -0.15) is 0 Å². The van der Waals surface area contributed by atoms with Crippen LogP contribution in [0.15, 0.2) is 24.4 Å². The highest BCUT2D eigenvalue weighted by Crippen LogP contribution is 2.31. The highest BCUT2D eigenvalue weighted by molar-refractivity contribution is 5.12. The Kier molecular flexibility index (Phi) is 3.33. The first-order chi connectivity index (χ1) is 8.45. The van der Waals surface area contributed by atoms with E-state index in [-0.39, 0.29) is 18.5 Å². The lowest BCUT2D eigenvalue weighted by Gasteiger charge is -2.25. The molecule has 5 nitrogen and oxygen atoms in total. The van der Waals surface area contributed by atoms with Gasteiger partial charge in [-0.15, -0.1) is 0 Å². The first-order valence-corrected chi connectivity index (χ1v) is 5.82. The minimum atomic E-state index is -0.326. The van der Waals surface area contributed by atoms with Gasteiger partial charge in [0.25, 0.3) is 0 Å². The fraction of sp³-hybridized carbons (Fsp3) is 0.583. The molecule has 2 fully saturated rings. The van der Waals surface area contributed by atoms with Crippen LogP contribution in [-0.2, 0) is 18.9 Å². The van der Waals surface area contributed by atoms with Crippen molar-refractivity contribution >= 4 is 0 Å². The normalized spacial score (nSPS) is 22.6. The number of hydrogen-bond acceptors (Lipinski definition) is 5. The van der Waals surface area contributed by atoms with E-state index in [4.69, 9.17) is 18.9 Å². The second kappa shape index (κ2) is 5.10. The van der Waals surface area contributed by atoms with Crippen LogP contribution in [0.5, 0.6) is 0 Å². The van der Waals surface area contributed by atoms with Crippen molar-refractivity contribution < 1.29 is 18.9 Å². The van der Waals surface area contributed by atoms with Crippen LogP contribution in [0.1, 0.15) is 11.6 Å². The monoisotopic (exact) mass is 237 g/mol. The standard InChI is InChI=1S/C12H15NO4/c1-2-4-13-9(3-1)10(11-14-5-6-15-11)12-16-7-8-17-12/h1-4,10-12H,5-8H2. The molecule has 1 aromatic rings. The van der Waals surface area contributed by atoms with E-state index in [0.717, 1.165) is 5.69 Å². The zero-order valence-electron chi connectivity index (χ0n) is 9.45. The number of pyridine rings is 1. The third-order valence-electron chi connectivity index (χ3n) is 2.91. The summed E-state index contributed by atoms with van der Waals surface area (Å²) in [6.45, 7) is 2.45. The van der Waals surface area contributed by atoms with Crippen molar-refractivity contribution in [1.82, 2.24) is 4.98 Å². The highest BCUT2D eigenvalue weighted by atomic mass is 16.7. The molecule has 0 bridgehead atoms. The second-order valence-corrected chi connectivity index (χ2v) is 4.00. The van der Waals surface area contributed by atoms with Crippen molar-refractivity contribution in [3.8, 4) is 0 Å². The Labute approximate surface area is 99.6 Å². The predicted octanol–water partition coefficient (Wildman–Crippen LogP) is 0.911. The van der Waals surface area contributed by atoms with Crippen LogP contribution in [0.3, 0.4) is 0 Å². The van der Waals surface area contributed by atoms with E-state index in [1.54, 1.807) is 6.20 Å². The molecule has 5 heteroatoms. The van der Waals surface area contributed by atoms with Crippen molar-refractivity contribution in [3.63, 3.8) is 0 Å². The zero-order valence-corrected chi connectivity index (χ0v) is 9.45. The van der Waals surface area contributed by atoms with E-state index in [0.29, 0.717) is 26.4 Å². The lowest BCUT2D eigenvalue weighted by Crippen LogP contribution is -2.32. The molecule has 0 radical (unpaired) electrons. The molecule has 1 aromatic heterocycles. The molecule has 0 aliphatic carbocycles. The second-order valence-electron chi connectivity index (χ2n) is 4.00. The molecule has 0 saturated carbocycles. The number of ether oxygens (including phenoxy) is 4. The smallest absolute Gasteiger partial charge is 0.171 e. The topological polar surface area (TPSA) is 49.8 Å². The first-order valence-electron chi connectivity index (χ1n) is 5.82. The number of rotatable bonds is 3. The van der Waals surface area contributed by atoms with Crippen molar-refractivity contribution in [2.24, 2.45) is 0 Å². The van der Waals surface area contributed by atoms with Crippen LogP contribution >= 0.6 is 0 Å². The molecular weight excluding hydrogens is 222 g/mol. The Morgan fingerprint density at radius 1 is 0.941 bits per heavy atom. The molecule has 0 unspecified atom stereocenters. The average Bonchev–Trinajstić information content (AvgIpc) is 3.04. The Morgan fingerprint density at radius 2 is 1.53 bits per heavy atom. The Balaban J connectivity index is 1.84. The molecular formula is C12H15NO4. The summed E-state index contributed by atoms with van der Waals surface area (Å²) in [6, 6.07) is 5.77. The molecule has 0 spiro atoms. The van der Waals surface area contributed by atoms with Gasteiger partial charge in [-0.3, -0.25) is 4.98 Å². The van der Waals surface area contributed by atoms with Crippen molar-refractivity contribution in [2.45, 2.75) is 18.5 Å². The van der Waals surface area contributed by atoms with Gasteiger partial charge in [-0.1, -0.05) is 6.07 Å². The van der Waals surface area contributed by atoms with E-state index in [9.17, 15) is 0 Å². The van der Waals surface area contributed by atoms with Crippen LogP contribution in [0.25, 0.3) is 0 Å². The number of aromatic nitrogens is 1. The summed E-state index contributed by atoms with van der Waals surface area (Å²) in [4.78, 5) is 4.35. The van der Waals surface area contributed by atoms with Crippen LogP contribution in [-0.4, -0.2) is 44.0 Å². The molecule has 0 atom stereocenters. The minimum absolute atomic E-state index is 0.124. The first kappa shape index (κ1) is 11.1. The minimum Gasteiger partial charge on any atom is -0.349 e. The van der Waals surface area contributed by atoms with Gasteiger partial charge in [0.2, 0.25) is 0 Å². The summed E-state index contributed by atoms with van der Waals surface area (Å²) < 4.78 is 22.2. The van der Waals surface area contributed by atoms with Gasteiger partial charge in [0, 0.05) is 6.20 Å². The SMILES string of the molecule is c1ccc(C(C2OCCO2)C2OCCO2)nc1. The van der Waals surface area contributed by atoms with Crippen LogP contribution in [0.2, 0.25) is 0 Å². The highest BCUT2D eigenvalue weighted by Gasteiger charge is 2.39. The molecule has 2 saturated heterocycles. The fourth-order valence-corrected chi connectivity index (χ4v) is 2.15. The molecule has 0 aromatic carbocycles. The van der Waals surface area contributed by atoms with Gasteiger partial charge in [0.05, 0.1) is 32.1 Å². The molecule has 17 heavy (non-hydrogen) atoms. The van der Waals surface area contributed by atoms with E-state index >= 15 is 0 Å². The summed E-state index contributed by atoms with van der Waals surface area (Å²) in [5, 5.41) is 0. The van der Waals surface area contributed by atoms with Crippen LogP contribution < -0.4 is 0 Å². The predicted molar refractivity (Wildman–Crippen MR) is 58.4 cm³/mol. The maximum absolute atomic E-state index is 5.56. The molecule has 0 amide bonds. The van der Waals surface area contributed by atoms with Crippen molar-refractivity contribution in [2.75, 3.05) is 26.4 Å². The molecule has 3 rings (SSSR count).